The maximum Gasteiger partial charge on any atom is 0.407 e. The summed E-state index contributed by atoms with van der Waals surface area (Å²) in [4.78, 5) is 24.1. The van der Waals surface area contributed by atoms with E-state index in [1.165, 1.54) is 0 Å². The Labute approximate surface area is 176 Å². The van der Waals surface area contributed by atoms with Gasteiger partial charge < -0.3 is 29.6 Å². The first-order valence-corrected chi connectivity index (χ1v) is 9.89. The number of aliphatic hydroxyl groups excluding tert-OH is 2. The van der Waals surface area contributed by atoms with Crippen molar-refractivity contribution in [2.24, 2.45) is 0 Å². The summed E-state index contributed by atoms with van der Waals surface area (Å²) in [6, 6.07) is 7.25. The zero-order chi connectivity index (χ0) is 22.7. The van der Waals surface area contributed by atoms with E-state index in [0.717, 1.165) is 5.52 Å². The van der Waals surface area contributed by atoms with Crippen LogP contribution >= 0.6 is 0 Å². The topological polar surface area (TPSA) is 110 Å². The molecule has 0 aliphatic carbocycles. The standard InChI is InChI=1S/C22H32N2O6/c1-21(2,3)29-18(26)13-24-12-15(14-9-7-8-10-16(14)24)19(27)17(25)11-23-20(28)30-22(4,5)6/h7-10,12,17,19,25,27H,11,13H2,1-6H3,(H,23,28). The number of nitrogens with zero attached hydrogens (tertiary/aromatic N) is 1. The second-order valence-corrected chi connectivity index (χ2v) is 9.21. The average molecular weight is 421 g/mol. The number of alkyl carbamates (subject to hydrolysis) is 1. The molecule has 2 aromatic rings. The molecular weight excluding hydrogens is 388 g/mol. The number of nitrogens with one attached hydrogen (secondary N) is 1. The smallest absolute Gasteiger partial charge is 0.407 e. The third-order valence-corrected chi connectivity index (χ3v) is 4.08. The molecule has 30 heavy (non-hydrogen) atoms. The van der Waals surface area contributed by atoms with Gasteiger partial charge in [-0.05, 0) is 47.6 Å². The number of ether oxygens (including phenoxy) is 2. The Balaban J connectivity index is 2.16. The Bertz CT molecular complexity index is 891. The first kappa shape index (κ1) is 23.7. The molecule has 1 amide bonds. The Morgan fingerprint density at radius 3 is 2.23 bits per heavy atom. The summed E-state index contributed by atoms with van der Waals surface area (Å²) in [6.45, 7) is 10.4. The van der Waals surface area contributed by atoms with Crippen molar-refractivity contribution < 1.29 is 29.3 Å². The van der Waals surface area contributed by atoms with Crippen LogP contribution in [0, 0.1) is 0 Å². The second kappa shape index (κ2) is 9.06. The van der Waals surface area contributed by atoms with Gasteiger partial charge >= 0.3 is 12.1 Å². The van der Waals surface area contributed by atoms with E-state index >= 15 is 0 Å². The van der Waals surface area contributed by atoms with Crippen LogP contribution in [-0.2, 0) is 20.8 Å². The van der Waals surface area contributed by atoms with Gasteiger partial charge in [0.25, 0.3) is 0 Å². The van der Waals surface area contributed by atoms with Crippen LogP contribution in [0.2, 0.25) is 0 Å². The molecule has 1 aromatic heterocycles. The number of aromatic nitrogens is 1. The van der Waals surface area contributed by atoms with Crippen LogP contribution in [0.1, 0.15) is 53.2 Å². The summed E-state index contributed by atoms with van der Waals surface area (Å²) in [5.74, 6) is -0.406. The minimum atomic E-state index is -1.27. The van der Waals surface area contributed by atoms with Crippen molar-refractivity contribution in [3.8, 4) is 0 Å². The molecule has 0 spiro atoms. The van der Waals surface area contributed by atoms with Gasteiger partial charge in [0.1, 0.15) is 30.0 Å². The lowest BCUT2D eigenvalue weighted by Gasteiger charge is -2.22. The molecule has 8 nitrogen and oxygen atoms in total. The second-order valence-electron chi connectivity index (χ2n) is 9.21. The van der Waals surface area contributed by atoms with Crippen molar-refractivity contribution in [2.45, 2.75) is 71.5 Å². The Kier molecular flexibility index (Phi) is 7.15. The molecule has 0 fully saturated rings. The summed E-state index contributed by atoms with van der Waals surface area (Å²) in [5, 5.41) is 24.2. The fourth-order valence-electron chi connectivity index (χ4n) is 2.98. The Morgan fingerprint density at radius 2 is 1.63 bits per heavy atom. The largest absolute Gasteiger partial charge is 0.459 e. The van der Waals surface area contributed by atoms with Crippen molar-refractivity contribution in [1.29, 1.82) is 0 Å². The lowest BCUT2D eigenvalue weighted by atomic mass is 10.0. The summed E-state index contributed by atoms with van der Waals surface area (Å²) in [5.41, 5.74) is -0.0911. The number of amides is 1. The van der Waals surface area contributed by atoms with Gasteiger partial charge in [0.2, 0.25) is 0 Å². The van der Waals surface area contributed by atoms with E-state index in [2.05, 4.69) is 5.32 Å². The van der Waals surface area contributed by atoms with Gasteiger partial charge in [0, 0.05) is 29.2 Å². The number of aliphatic hydroxyl groups is 2. The first-order valence-electron chi connectivity index (χ1n) is 9.89. The van der Waals surface area contributed by atoms with Gasteiger partial charge in [0.15, 0.2) is 0 Å². The predicted octanol–water partition coefficient (Wildman–Crippen LogP) is 2.90. The van der Waals surface area contributed by atoms with E-state index in [-0.39, 0.29) is 13.1 Å². The molecule has 1 heterocycles. The monoisotopic (exact) mass is 420 g/mol. The quantitative estimate of drug-likeness (QED) is 0.620. The third kappa shape index (κ3) is 6.74. The van der Waals surface area contributed by atoms with Gasteiger partial charge in [-0.15, -0.1) is 0 Å². The average Bonchev–Trinajstić information content (AvgIpc) is 2.94. The summed E-state index contributed by atoms with van der Waals surface area (Å²) >= 11 is 0. The van der Waals surface area contributed by atoms with E-state index in [1.54, 1.807) is 58.4 Å². The molecule has 2 atom stereocenters. The highest BCUT2D eigenvalue weighted by molar-refractivity contribution is 5.86. The van der Waals surface area contributed by atoms with Crippen LogP contribution in [0.4, 0.5) is 4.79 Å². The van der Waals surface area contributed by atoms with Crippen molar-refractivity contribution in [1.82, 2.24) is 9.88 Å². The molecule has 0 radical (unpaired) electrons. The molecule has 0 bridgehead atoms. The number of rotatable bonds is 6. The molecule has 166 valence electrons. The van der Waals surface area contributed by atoms with Crippen LogP contribution in [0.25, 0.3) is 10.9 Å². The van der Waals surface area contributed by atoms with Gasteiger partial charge in [0.05, 0.1) is 0 Å². The van der Waals surface area contributed by atoms with Crippen LogP contribution in [0.15, 0.2) is 30.5 Å². The van der Waals surface area contributed by atoms with Crippen LogP contribution in [0.5, 0.6) is 0 Å². The highest BCUT2D eigenvalue weighted by Crippen LogP contribution is 2.28. The highest BCUT2D eigenvalue weighted by Gasteiger charge is 2.25. The molecular formula is C22H32N2O6. The lowest BCUT2D eigenvalue weighted by Crippen LogP contribution is -2.38. The van der Waals surface area contributed by atoms with E-state index in [1.807, 2.05) is 18.2 Å². The number of benzene rings is 1. The van der Waals surface area contributed by atoms with E-state index in [9.17, 15) is 19.8 Å². The normalized spacial score (nSPS) is 14.3. The first-order chi connectivity index (χ1) is 13.8. The Hall–Kier alpha value is -2.58. The molecule has 8 heteroatoms. The molecule has 2 unspecified atom stereocenters. The summed E-state index contributed by atoms with van der Waals surface area (Å²) < 4.78 is 12.2. The van der Waals surface area contributed by atoms with Crippen molar-refractivity contribution in [2.75, 3.05) is 6.54 Å². The number of carbonyl (C=O) groups is 2. The van der Waals surface area contributed by atoms with Crippen LogP contribution < -0.4 is 5.32 Å². The van der Waals surface area contributed by atoms with Gasteiger partial charge in [-0.25, -0.2) is 4.79 Å². The molecule has 0 saturated carbocycles. The van der Waals surface area contributed by atoms with E-state index in [0.29, 0.717) is 10.9 Å². The molecule has 0 aliphatic heterocycles. The summed E-state index contributed by atoms with van der Waals surface area (Å²) in [6.07, 6.45) is -1.60. The van der Waals surface area contributed by atoms with Gasteiger partial charge in [-0.2, -0.15) is 0 Å². The van der Waals surface area contributed by atoms with Crippen molar-refractivity contribution in [3.05, 3.63) is 36.0 Å². The maximum atomic E-state index is 12.3. The van der Waals surface area contributed by atoms with Crippen molar-refractivity contribution >= 4 is 23.0 Å². The number of esters is 1. The zero-order valence-electron chi connectivity index (χ0n) is 18.4. The summed E-state index contributed by atoms with van der Waals surface area (Å²) in [7, 11) is 0. The number of carbonyl (C=O) groups excluding carboxylic acids is 2. The molecule has 0 saturated heterocycles. The SMILES string of the molecule is CC(C)(C)OC(=O)Cn1cc(C(O)C(O)CNC(=O)OC(C)(C)C)c2ccccc21. The molecule has 0 aliphatic rings. The lowest BCUT2D eigenvalue weighted by molar-refractivity contribution is -0.155. The Morgan fingerprint density at radius 1 is 1.03 bits per heavy atom. The molecule has 1 aromatic carbocycles. The minimum Gasteiger partial charge on any atom is -0.459 e. The van der Waals surface area contributed by atoms with Crippen molar-refractivity contribution in [3.63, 3.8) is 0 Å². The molecule has 3 N–H and O–H groups in total. The van der Waals surface area contributed by atoms with Crippen LogP contribution in [0.3, 0.4) is 0 Å². The number of para-hydroxylation sites is 1. The van der Waals surface area contributed by atoms with Gasteiger partial charge in [-0.3, -0.25) is 4.79 Å². The zero-order valence-corrected chi connectivity index (χ0v) is 18.4. The maximum absolute atomic E-state index is 12.3. The van der Waals surface area contributed by atoms with Crippen LogP contribution in [-0.4, -0.2) is 50.7 Å². The van der Waals surface area contributed by atoms with E-state index in [4.69, 9.17) is 9.47 Å². The third-order valence-electron chi connectivity index (χ3n) is 4.08. The fraction of sp³-hybridized carbons (Fsp3) is 0.545. The van der Waals surface area contributed by atoms with E-state index < -0.39 is 35.5 Å². The fourth-order valence-corrected chi connectivity index (χ4v) is 2.98. The highest BCUT2D eigenvalue weighted by atomic mass is 16.6. The van der Waals surface area contributed by atoms with Gasteiger partial charge in [-0.1, -0.05) is 18.2 Å². The number of hydrogen-bond acceptors (Lipinski definition) is 6. The minimum absolute atomic E-state index is 0.0310. The number of fused-ring (bicyclic) bond motifs is 1. The molecule has 2 rings (SSSR count). The predicted molar refractivity (Wildman–Crippen MR) is 113 cm³/mol. The number of hydrogen-bond donors (Lipinski definition) is 3.